The molecular formula is C40H47N5O9S2. The van der Waals surface area contributed by atoms with E-state index in [0.717, 1.165) is 16.3 Å². The second-order valence-electron chi connectivity index (χ2n) is 13.7. The van der Waals surface area contributed by atoms with Crippen molar-refractivity contribution in [1.82, 2.24) is 10.5 Å². The Morgan fingerprint density at radius 1 is 1.02 bits per heavy atom. The summed E-state index contributed by atoms with van der Waals surface area (Å²) in [6.45, 7) is 11.8. The van der Waals surface area contributed by atoms with E-state index in [4.69, 9.17) is 10.7 Å². The molecule has 2 aromatic carbocycles. The number of fused-ring (bicyclic) bond motifs is 1. The zero-order valence-electron chi connectivity index (χ0n) is 32.1. The molecule has 2 aromatic rings. The number of nitrogens with two attached hydrogens (primary N) is 1. The van der Waals surface area contributed by atoms with E-state index in [-0.39, 0.29) is 29.3 Å². The van der Waals surface area contributed by atoms with E-state index in [9.17, 15) is 35.5 Å². The third-order valence-corrected chi connectivity index (χ3v) is 11.4. The molecule has 0 aromatic heterocycles. The van der Waals surface area contributed by atoms with E-state index in [1.807, 2.05) is 43.9 Å². The van der Waals surface area contributed by atoms with Gasteiger partial charge in [-0.3, -0.25) is 34.0 Å². The molecule has 2 amide bonds. The van der Waals surface area contributed by atoms with Crippen LogP contribution in [0, 0.1) is 5.41 Å². The Labute approximate surface area is 328 Å². The molecule has 2 aliphatic heterocycles. The highest BCUT2D eigenvalue weighted by Crippen LogP contribution is 2.52. The van der Waals surface area contributed by atoms with Crippen molar-refractivity contribution < 1.29 is 40.4 Å². The van der Waals surface area contributed by atoms with Crippen molar-refractivity contribution in [2.45, 2.75) is 44.4 Å². The number of anilines is 1. The molecule has 298 valence electrons. The highest BCUT2D eigenvalue weighted by atomic mass is 32.2. The maximum absolute atomic E-state index is 12.7. The lowest BCUT2D eigenvalue weighted by atomic mass is 9.75. The molecular weight excluding hydrogens is 759 g/mol. The monoisotopic (exact) mass is 805 g/mol. The molecule has 0 saturated carbocycles. The smallest absolute Gasteiger partial charge is 0.294 e. The SMILES string of the molecule is C=C1N=C(/C=C/C=C/C=C/C=C2/N(CCCS(=O)(=O)O)c3ccc(S(=O)(=O)O)cc3C2(C)c2ccc(C(=O)NN)cc2)C(C)(C)/C1=C/C(=C\C)C(=O)N(C)OC. The lowest BCUT2D eigenvalue weighted by molar-refractivity contribution is -0.163. The number of benzene rings is 2. The number of hydroxylamine groups is 2. The number of likely N-dealkylation sites (N-methyl/N-ethyl adjacent to an activating group) is 1. The Morgan fingerprint density at radius 2 is 1.66 bits per heavy atom. The highest BCUT2D eigenvalue weighted by Gasteiger charge is 2.45. The Morgan fingerprint density at radius 3 is 2.25 bits per heavy atom. The fraction of sp³-hybridized carbons (Fsp3) is 0.275. The lowest BCUT2D eigenvalue weighted by Crippen LogP contribution is -2.32. The van der Waals surface area contributed by atoms with Crippen LogP contribution in [0.5, 0.6) is 0 Å². The van der Waals surface area contributed by atoms with Crippen molar-refractivity contribution >= 4 is 43.4 Å². The largest absolute Gasteiger partial charge is 0.344 e. The molecule has 0 bridgehead atoms. The van der Waals surface area contributed by atoms with Crippen molar-refractivity contribution in [3.63, 3.8) is 0 Å². The van der Waals surface area contributed by atoms with Gasteiger partial charge >= 0.3 is 0 Å². The standard InChI is InChI=1S/C40H47N5O9S2/c1-8-28(38(47)44(6)54-7)25-32-27(2)42-35(39(32,3)4)15-12-10-9-11-13-16-36-40(5,30-19-17-29(18-20-30)37(46)43-41)33-26-31(56(51,52)53)21-22-34(33)45(36)23-14-24-55(48,49)50/h8-13,15-22,25-26H,2,14,23-24,41H2,1,3-7H3,(H,43,46)(H,48,49,50)(H,51,52,53)/b10-9+,13-11+,15-12+,28-8+,32-25+,36-16+. The molecule has 0 spiro atoms. The molecule has 2 heterocycles. The number of nitrogens with zero attached hydrogens (tertiary/aromatic N) is 3. The van der Waals surface area contributed by atoms with Crippen LogP contribution in [0.3, 0.4) is 0 Å². The number of nitrogens with one attached hydrogen (secondary N) is 1. The van der Waals surface area contributed by atoms with E-state index >= 15 is 0 Å². The van der Waals surface area contributed by atoms with Crippen molar-refractivity contribution in [3.05, 3.63) is 143 Å². The van der Waals surface area contributed by atoms with Gasteiger partial charge in [0.1, 0.15) is 0 Å². The van der Waals surface area contributed by atoms with Gasteiger partial charge in [-0.25, -0.2) is 10.9 Å². The molecule has 0 saturated heterocycles. The van der Waals surface area contributed by atoms with Crippen LogP contribution in [0.15, 0.2) is 136 Å². The third kappa shape index (κ3) is 9.41. The number of amides is 2. The summed E-state index contributed by atoms with van der Waals surface area (Å²) in [6, 6.07) is 10.7. The number of carbonyl (C=O) groups is 2. The minimum Gasteiger partial charge on any atom is -0.344 e. The average molecular weight is 806 g/mol. The van der Waals surface area contributed by atoms with Crippen LogP contribution >= 0.6 is 0 Å². The maximum atomic E-state index is 12.7. The number of hydrazine groups is 1. The molecule has 0 radical (unpaired) electrons. The van der Waals surface area contributed by atoms with Crippen LogP contribution in [0.2, 0.25) is 0 Å². The summed E-state index contributed by atoms with van der Waals surface area (Å²) < 4.78 is 67.2. The van der Waals surface area contributed by atoms with E-state index < -0.39 is 42.7 Å². The number of nitrogen functional groups attached to an aromatic ring is 1. The van der Waals surface area contributed by atoms with Crippen LogP contribution in [-0.2, 0) is 35.3 Å². The normalized spacial score (nSPS) is 20.2. The number of aliphatic imine (C=N–C) groups is 1. The van der Waals surface area contributed by atoms with Gasteiger partial charge in [-0.05, 0) is 85.5 Å². The van der Waals surface area contributed by atoms with Crippen molar-refractivity contribution in [2.75, 3.05) is 31.4 Å². The predicted molar refractivity (Wildman–Crippen MR) is 217 cm³/mol. The second kappa shape index (κ2) is 17.3. The summed E-state index contributed by atoms with van der Waals surface area (Å²) in [5, 5.41) is 1.14. The zero-order chi connectivity index (χ0) is 41.6. The van der Waals surface area contributed by atoms with Gasteiger partial charge in [0.05, 0.1) is 34.6 Å². The predicted octanol–water partition coefficient (Wildman–Crippen LogP) is 5.38. The van der Waals surface area contributed by atoms with Gasteiger partial charge < -0.3 is 4.90 Å². The minimum absolute atomic E-state index is 0.0376. The summed E-state index contributed by atoms with van der Waals surface area (Å²) >= 11 is 0. The Balaban J connectivity index is 1.70. The molecule has 2 aliphatic rings. The topological polar surface area (TPSA) is 209 Å². The maximum Gasteiger partial charge on any atom is 0.294 e. The fourth-order valence-electron chi connectivity index (χ4n) is 6.62. The van der Waals surface area contributed by atoms with Crippen LogP contribution in [0.25, 0.3) is 0 Å². The second-order valence-corrected chi connectivity index (χ2v) is 16.7. The zero-order valence-corrected chi connectivity index (χ0v) is 33.7. The summed E-state index contributed by atoms with van der Waals surface area (Å²) in [4.78, 5) is 36.2. The van der Waals surface area contributed by atoms with E-state index in [1.165, 1.54) is 32.4 Å². The molecule has 1 atom stereocenters. The van der Waals surface area contributed by atoms with Crippen LogP contribution in [0.1, 0.15) is 55.6 Å². The minimum atomic E-state index is -4.60. The highest BCUT2D eigenvalue weighted by molar-refractivity contribution is 7.86. The Hall–Kier alpha value is -5.23. The summed E-state index contributed by atoms with van der Waals surface area (Å²) in [5.41, 5.74) is 5.60. The molecule has 5 N–H and O–H groups in total. The van der Waals surface area contributed by atoms with Gasteiger partial charge in [0.2, 0.25) is 0 Å². The molecule has 14 nitrogen and oxygen atoms in total. The van der Waals surface area contributed by atoms with Crippen LogP contribution in [0.4, 0.5) is 5.69 Å². The Bertz CT molecular complexity index is 2340. The first kappa shape index (κ1) is 43.5. The molecule has 0 fully saturated rings. The lowest BCUT2D eigenvalue weighted by Gasteiger charge is -2.31. The van der Waals surface area contributed by atoms with Gasteiger partial charge in [-0.2, -0.15) is 16.8 Å². The van der Waals surface area contributed by atoms with Gasteiger partial charge in [0.25, 0.3) is 32.1 Å². The van der Waals surface area contributed by atoms with Crippen molar-refractivity contribution in [3.8, 4) is 0 Å². The molecule has 16 heteroatoms. The van der Waals surface area contributed by atoms with Crippen LogP contribution in [-0.4, -0.2) is 75.0 Å². The Kier molecular flexibility index (Phi) is 13.4. The van der Waals surface area contributed by atoms with Crippen molar-refractivity contribution in [1.29, 1.82) is 0 Å². The third-order valence-electron chi connectivity index (χ3n) is 9.79. The number of hydrogen-bond donors (Lipinski definition) is 4. The molecule has 4 rings (SSSR count). The van der Waals surface area contributed by atoms with Gasteiger partial charge in [-0.1, -0.05) is 69.0 Å². The summed E-state index contributed by atoms with van der Waals surface area (Å²) in [7, 11) is -5.93. The molecule has 0 aliphatic carbocycles. The fourth-order valence-corrected chi connectivity index (χ4v) is 7.62. The number of carbonyl (C=O) groups excluding carboxylic acids is 2. The van der Waals surface area contributed by atoms with Crippen LogP contribution < -0.4 is 16.2 Å². The summed E-state index contributed by atoms with van der Waals surface area (Å²) in [6.07, 6.45) is 16.1. The average Bonchev–Trinajstić information content (AvgIpc) is 3.51. The quantitative estimate of drug-likeness (QED) is 0.0476. The van der Waals surface area contributed by atoms with E-state index in [2.05, 4.69) is 17.0 Å². The molecule has 56 heavy (non-hydrogen) atoms. The number of rotatable bonds is 14. The van der Waals surface area contributed by atoms with Crippen molar-refractivity contribution in [2.24, 2.45) is 16.3 Å². The number of allylic oxidation sites excluding steroid dienone is 10. The number of hydrogen-bond acceptors (Lipinski definition) is 10. The van der Waals surface area contributed by atoms with E-state index in [0.29, 0.717) is 33.8 Å². The first-order chi connectivity index (χ1) is 26.2. The first-order valence-electron chi connectivity index (χ1n) is 17.4. The van der Waals surface area contributed by atoms with Gasteiger partial charge in [0, 0.05) is 41.5 Å². The van der Waals surface area contributed by atoms with Gasteiger partial charge in [0.15, 0.2) is 0 Å². The van der Waals surface area contributed by atoms with E-state index in [1.54, 1.807) is 67.6 Å². The molecule has 1 unspecified atom stereocenters. The first-order valence-corrected chi connectivity index (χ1v) is 20.4. The van der Waals surface area contributed by atoms with Gasteiger partial charge in [-0.15, -0.1) is 0 Å². The summed E-state index contributed by atoms with van der Waals surface area (Å²) in [5.74, 6) is 4.00.